The molecule has 3 rings (SSSR count). The first-order chi connectivity index (χ1) is 8.67. The van der Waals surface area contributed by atoms with Crippen molar-refractivity contribution in [2.24, 2.45) is 0 Å². The molecule has 1 fully saturated rings. The lowest BCUT2D eigenvalue weighted by Gasteiger charge is -2.23. The van der Waals surface area contributed by atoms with Crippen LogP contribution in [0, 0.1) is 0 Å². The Morgan fingerprint density at radius 3 is 3.00 bits per heavy atom. The van der Waals surface area contributed by atoms with Gasteiger partial charge in [0.2, 0.25) is 0 Å². The molecule has 1 saturated heterocycles. The van der Waals surface area contributed by atoms with Gasteiger partial charge in [0.1, 0.15) is 5.82 Å². The Kier molecular flexibility index (Phi) is 3.18. The normalized spacial score (nSPS) is 26.8. The number of fused-ring (bicyclic) bond motifs is 1. The van der Waals surface area contributed by atoms with E-state index in [0.717, 1.165) is 38.1 Å². The summed E-state index contributed by atoms with van der Waals surface area (Å²) in [6, 6.07) is 0. The first-order valence-electron chi connectivity index (χ1n) is 6.92. The maximum Gasteiger partial charge on any atom is 0.153 e. The van der Waals surface area contributed by atoms with Crippen LogP contribution in [0.25, 0.3) is 0 Å². The van der Waals surface area contributed by atoms with Crippen molar-refractivity contribution in [2.45, 2.75) is 56.7 Å². The number of sulfone groups is 1. The monoisotopic (exact) mass is 268 g/mol. The van der Waals surface area contributed by atoms with Gasteiger partial charge in [-0.25, -0.2) is 13.4 Å². The maximum atomic E-state index is 12.0. The Balaban J connectivity index is 1.82. The van der Waals surface area contributed by atoms with E-state index < -0.39 is 9.84 Å². The minimum atomic E-state index is -2.88. The van der Waals surface area contributed by atoms with Crippen LogP contribution < -0.4 is 0 Å². The molecule has 1 aromatic heterocycles. The molecule has 0 amide bonds. The van der Waals surface area contributed by atoms with E-state index in [9.17, 15) is 8.42 Å². The molecular formula is C13H20N2O2S. The number of imidazole rings is 1. The van der Waals surface area contributed by atoms with Gasteiger partial charge < -0.3 is 4.57 Å². The highest BCUT2D eigenvalue weighted by Crippen LogP contribution is 2.24. The second-order valence-electron chi connectivity index (χ2n) is 5.46. The smallest absolute Gasteiger partial charge is 0.153 e. The van der Waals surface area contributed by atoms with Crippen molar-refractivity contribution in [3.8, 4) is 0 Å². The second kappa shape index (κ2) is 4.68. The first kappa shape index (κ1) is 12.2. The summed E-state index contributed by atoms with van der Waals surface area (Å²) in [6.07, 6.45) is 8.73. The van der Waals surface area contributed by atoms with Gasteiger partial charge in [0, 0.05) is 24.9 Å². The largest absolute Gasteiger partial charge is 0.332 e. The molecule has 2 aliphatic heterocycles. The van der Waals surface area contributed by atoms with E-state index in [1.54, 1.807) is 0 Å². The summed E-state index contributed by atoms with van der Waals surface area (Å²) in [4.78, 5) is 4.46. The maximum absolute atomic E-state index is 12.0. The predicted octanol–water partition coefficient (Wildman–Crippen LogP) is 1.73. The van der Waals surface area contributed by atoms with Crippen molar-refractivity contribution in [1.29, 1.82) is 0 Å². The lowest BCUT2D eigenvalue weighted by molar-refractivity contribution is 0.496. The molecule has 0 aromatic carbocycles. The number of hydrogen-bond donors (Lipinski definition) is 0. The van der Waals surface area contributed by atoms with Crippen LogP contribution in [-0.4, -0.2) is 29.0 Å². The van der Waals surface area contributed by atoms with Gasteiger partial charge in [-0.3, -0.25) is 0 Å². The molecule has 0 bridgehead atoms. The van der Waals surface area contributed by atoms with Gasteiger partial charge in [0.25, 0.3) is 0 Å². The van der Waals surface area contributed by atoms with Crippen LogP contribution in [0.2, 0.25) is 0 Å². The number of rotatable bonds is 2. The molecular weight excluding hydrogens is 248 g/mol. The van der Waals surface area contributed by atoms with Crippen molar-refractivity contribution in [3.63, 3.8) is 0 Å². The Morgan fingerprint density at radius 1 is 1.28 bits per heavy atom. The molecule has 0 N–H and O–H groups in total. The van der Waals surface area contributed by atoms with Crippen LogP contribution in [0.4, 0.5) is 0 Å². The predicted molar refractivity (Wildman–Crippen MR) is 70.3 cm³/mol. The molecule has 2 aliphatic rings. The Morgan fingerprint density at radius 2 is 2.17 bits per heavy atom. The van der Waals surface area contributed by atoms with Crippen LogP contribution in [0.5, 0.6) is 0 Å². The van der Waals surface area contributed by atoms with Crippen LogP contribution in [0.15, 0.2) is 6.20 Å². The van der Waals surface area contributed by atoms with E-state index in [2.05, 4.69) is 9.55 Å². The highest BCUT2D eigenvalue weighted by molar-refractivity contribution is 7.92. The van der Waals surface area contributed by atoms with E-state index in [0.29, 0.717) is 12.2 Å². The molecule has 18 heavy (non-hydrogen) atoms. The zero-order chi connectivity index (χ0) is 12.6. The highest BCUT2D eigenvalue weighted by atomic mass is 32.2. The van der Waals surface area contributed by atoms with Crippen molar-refractivity contribution < 1.29 is 8.42 Å². The van der Waals surface area contributed by atoms with E-state index in [4.69, 9.17) is 0 Å². The number of hydrogen-bond acceptors (Lipinski definition) is 3. The molecule has 1 unspecified atom stereocenters. The van der Waals surface area contributed by atoms with Gasteiger partial charge in [-0.2, -0.15) is 0 Å². The number of aryl methyl sites for hydroxylation is 1. The van der Waals surface area contributed by atoms with Gasteiger partial charge in [-0.1, -0.05) is 6.42 Å². The Hall–Kier alpha value is -0.840. The summed E-state index contributed by atoms with van der Waals surface area (Å²) >= 11 is 0. The summed E-state index contributed by atoms with van der Waals surface area (Å²) in [5, 5.41) is -0.195. The minimum Gasteiger partial charge on any atom is -0.332 e. The Labute approximate surface area is 108 Å². The third-order valence-corrected chi connectivity index (χ3v) is 6.48. The topological polar surface area (TPSA) is 52.0 Å². The van der Waals surface area contributed by atoms with Gasteiger partial charge >= 0.3 is 0 Å². The molecule has 0 saturated carbocycles. The fourth-order valence-corrected chi connectivity index (χ4v) is 4.99. The van der Waals surface area contributed by atoms with E-state index in [1.807, 2.05) is 6.20 Å². The van der Waals surface area contributed by atoms with Crippen LogP contribution >= 0.6 is 0 Å². The molecule has 5 heteroatoms. The third-order valence-electron chi connectivity index (χ3n) is 4.21. The second-order valence-corrected chi connectivity index (χ2v) is 7.86. The molecule has 3 heterocycles. The summed E-state index contributed by atoms with van der Waals surface area (Å²) in [7, 11) is -2.88. The van der Waals surface area contributed by atoms with Crippen LogP contribution in [0.3, 0.4) is 0 Å². The third kappa shape index (κ3) is 2.20. The molecule has 1 aromatic rings. The van der Waals surface area contributed by atoms with Crippen molar-refractivity contribution in [2.75, 3.05) is 5.75 Å². The zero-order valence-electron chi connectivity index (χ0n) is 10.6. The quantitative estimate of drug-likeness (QED) is 0.821. The van der Waals surface area contributed by atoms with Crippen molar-refractivity contribution >= 4 is 9.84 Å². The van der Waals surface area contributed by atoms with Crippen molar-refractivity contribution in [3.05, 3.63) is 17.7 Å². The van der Waals surface area contributed by atoms with Crippen LogP contribution in [-0.2, 0) is 29.2 Å². The first-order valence-corrected chi connectivity index (χ1v) is 8.63. The highest BCUT2D eigenvalue weighted by Gasteiger charge is 2.30. The summed E-state index contributed by atoms with van der Waals surface area (Å²) in [5.41, 5.74) is 1.28. The lowest BCUT2D eigenvalue weighted by Crippen LogP contribution is -2.31. The SMILES string of the molecule is O=S1(=O)CCCCC1Cc1ncc2n1CCCC2. The van der Waals surface area contributed by atoms with Gasteiger partial charge in [-0.15, -0.1) is 0 Å². The molecule has 4 nitrogen and oxygen atoms in total. The van der Waals surface area contributed by atoms with Crippen LogP contribution in [0.1, 0.15) is 43.6 Å². The summed E-state index contributed by atoms with van der Waals surface area (Å²) < 4.78 is 26.3. The molecule has 1 atom stereocenters. The minimum absolute atomic E-state index is 0.195. The fourth-order valence-electron chi connectivity index (χ4n) is 3.12. The van der Waals surface area contributed by atoms with Gasteiger partial charge in [0.15, 0.2) is 9.84 Å². The number of aromatic nitrogens is 2. The summed E-state index contributed by atoms with van der Waals surface area (Å²) in [5.74, 6) is 1.35. The van der Waals surface area contributed by atoms with E-state index >= 15 is 0 Å². The Bertz CT molecular complexity index is 533. The zero-order valence-corrected chi connectivity index (χ0v) is 11.5. The standard InChI is InChI=1S/C13H20N2O2S/c16-18(17)8-4-2-6-12(18)9-13-14-10-11-5-1-3-7-15(11)13/h10,12H,1-9H2. The van der Waals surface area contributed by atoms with Crippen molar-refractivity contribution in [1.82, 2.24) is 9.55 Å². The van der Waals surface area contributed by atoms with Gasteiger partial charge in [-0.05, 0) is 32.1 Å². The average Bonchev–Trinajstić information content (AvgIpc) is 2.75. The average molecular weight is 268 g/mol. The molecule has 0 radical (unpaired) electrons. The van der Waals surface area contributed by atoms with Gasteiger partial charge in [0.05, 0.1) is 11.0 Å². The van der Waals surface area contributed by atoms with E-state index in [-0.39, 0.29) is 5.25 Å². The fraction of sp³-hybridized carbons (Fsp3) is 0.769. The van der Waals surface area contributed by atoms with E-state index in [1.165, 1.54) is 18.5 Å². The number of nitrogens with zero attached hydrogens (tertiary/aromatic N) is 2. The molecule has 100 valence electrons. The lowest BCUT2D eigenvalue weighted by atomic mass is 10.1. The molecule has 0 spiro atoms. The summed E-state index contributed by atoms with van der Waals surface area (Å²) in [6.45, 7) is 1.01. The molecule has 0 aliphatic carbocycles.